The predicted octanol–water partition coefficient (Wildman–Crippen LogP) is 2.10. The zero-order valence-corrected chi connectivity index (χ0v) is 11.5. The molecule has 0 unspecified atom stereocenters. The van der Waals surface area contributed by atoms with Gasteiger partial charge in [-0.15, -0.1) is 11.6 Å². The SMILES string of the molecule is CCC[C@@H](CCl)CC(=O)N[C@@H](CC)C(=O)OC. The summed E-state index contributed by atoms with van der Waals surface area (Å²) in [5.74, 6) is 0.105. The fourth-order valence-corrected chi connectivity index (χ4v) is 1.89. The summed E-state index contributed by atoms with van der Waals surface area (Å²) in [7, 11) is 1.32. The first-order chi connectivity index (χ1) is 8.08. The van der Waals surface area contributed by atoms with E-state index in [2.05, 4.69) is 17.0 Å². The van der Waals surface area contributed by atoms with Crippen molar-refractivity contribution in [3.05, 3.63) is 0 Å². The van der Waals surface area contributed by atoms with Crippen molar-refractivity contribution in [1.29, 1.82) is 0 Å². The van der Waals surface area contributed by atoms with Crippen molar-refractivity contribution in [3.63, 3.8) is 0 Å². The molecule has 0 saturated carbocycles. The predicted molar refractivity (Wildman–Crippen MR) is 68.0 cm³/mol. The third-order valence-electron chi connectivity index (χ3n) is 2.62. The van der Waals surface area contributed by atoms with E-state index in [0.29, 0.717) is 18.7 Å². The first-order valence-corrected chi connectivity index (χ1v) is 6.55. The number of methoxy groups -OCH3 is 1. The largest absolute Gasteiger partial charge is 0.467 e. The number of rotatable bonds is 8. The zero-order valence-electron chi connectivity index (χ0n) is 10.8. The fourth-order valence-electron chi connectivity index (χ4n) is 1.63. The topological polar surface area (TPSA) is 55.4 Å². The Hall–Kier alpha value is -0.770. The molecular formula is C12H22ClNO3. The molecule has 4 nitrogen and oxygen atoms in total. The van der Waals surface area contributed by atoms with Crippen LogP contribution in [0.2, 0.25) is 0 Å². The van der Waals surface area contributed by atoms with Crippen LogP contribution >= 0.6 is 11.6 Å². The molecule has 0 aromatic heterocycles. The average molecular weight is 264 g/mol. The first-order valence-electron chi connectivity index (χ1n) is 6.02. The lowest BCUT2D eigenvalue weighted by molar-refractivity contribution is -0.145. The molecule has 2 atom stereocenters. The van der Waals surface area contributed by atoms with Crippen LogP contribution in [-0.2, 0) is 14.3 Å². The molecule has 1 N–H and O–H groups in total. The highest BCUT2D eigenvalue weighted by Crippen LogP contribution is 2.13. The highest BCUT2D eigenvalue weighted by atomic mass is 35.5. The number of nitrogens with one attached hydrogen (secondary N) is 1. The van der Waals surface area contributed by atoms with Gasteiger partial charge in [0.25, 0.3) is 0 Å². The van der Waals surface area contributed by atoms with E-state index in [1.165, 1.54) is 7.11 Å². The Kier molecular flexibility index (Phi) is 8.86. The lowest BCUT2D eigenvalue weighted by Crippen LogP contribution is -2.41. The van der Waals surface area contributed by atoms with Crippen LogP contribution in [0.4, 0.5) is 0 Å². The summed E-state index contributed by atoms with van der Waals surface area (Å²) in [6, 6.07) is -0.551. The summed E-state index contributed by atoms with van der Waals surface area (Å²) in [5.41, 5.74) is 0. The minimum absolute atomic E-state index is 0.138. The van der Waals surface area contributed by atoms with Crippen molar-refractivity contribution < 1.29 is 14.3 Å². The maximum absolute atomic E-state index is 11.7. The van der Waals surface area contributed by atoms with Crippen LogP contribution < -0.4 is 5.32 Å². The van der Waals surface area contributed by atoms with E-state index in [9.17, 15) is 9.59 Å². The maximum Gasteiger partial charge on any atom is 0.328 e. The number of ether oxygens (including phenoxy) is 1. The van der Waals surface area contributed by atoms with Gasteiger partial charge in [-0.1, -0.05) is 20.3 Å². The second-order valence-electron chi connectivity index (χ2n) is 4.06. The number of carbonyl (C=O) groups excluding carboxylic acids is 2. The zero-order chi connectivity index (χ0) is 13.3. The number of amides is 1. The van der Waals surface area contributed by atoms with Crippen molar-refractivity contribution in [1.82, 2.24) is 5.32 Å². The number of hydrogen-bond acceptors (Lipinski definition) is 3. The molecule has 0 heterocycles. The van der Waals surface area contributed by atoms with Gasteiger partial charge in [-0.2, -0.15) is 0 Å². The van der Waals surface area contributed by atoms with Crippen LogP contribution in [0.3, 0.4) is 0 Å². The smallest absolute Gasteiger partial charge is 0.328 e. The highest BCUT2D eigenvalue weighted by Gasteiger charge is 2.20. The van der Waals surface area contributed by atoms with E-state index in [1.807, 2.05) is 6.92 Å². The second-order valence-corrected chi connectivity index (χ2v) is 4.37. The third kappa shape index (κ3) is 6.51. The molecule has 1 amide bonds. The van der Waals surface area contributed by atoms with E-state index in [1.54, 1.807) is 0 Å². The van der Waals surface area contributed by atoms with Gasteiger partial charge >= 0.3 is 5.97 Å². The Bertz CT molecular complexity index is 246. The summed E-state index contributed by atoms with van der Waals surface area (Å²) in [5, 5.41) is 2.67. The van der Waals surface area contributed by atoms with E-state index in [0.717, 1.165) is 12.8 Å². The molecule has 0 aliphatic heterocycles. The maximum atomic E-state index is 11.7. The number of carbonyl (C=O) groups is 2. The van der Waals surface area contributed by atoms with Gasteiger partial charge in [0.1, 0.15) is 6.04 Å². The van der Waals surface area contributed by atoms with Crippen molar-refractivity contribution in [2.45, 2.75) is 45.6 Å². The molecule has 0 rings (SSSR count). The van der Waals surface area contributed by atoms with Crippen LogP contribution in [0.5, 0.6) is 0 Å². The summed E-state index contributed by atoms with van der Waals surface area (Å²) in [6.07, 6.45) is 2.81. The molecule has 17 heavy (non-hydrogen) atoms. The van der Waals surface area contributed by atoms with Crippen LogP contribution in [0, 0.1) is 5.92 Å². The summed E-state index contributed by atoms with van der Waals surface area (Å²) >= 11 is 5.78. The lowest BCUT2D eigenvalue weighted by atomic mass is 10.0. The molecule has 0 aromatic rings. The van der Waals surface area contributed by atoms with Crippen molar-refractivity contribution in [2.75, 3.05) is 13.0 Å². The van der Waals surface area contributed by atoms with Crippen LogP contribution in [0.15, 0.2) is 0 Å². The molecule has 5 heteroatoms. The minimum atomic E-state index is -0.551. The van der Waals surface area contributed by atoms with Gasteiger partial charge in [0.05, 0.1) is 7.11 Å². The highest BCUT2D eigenvalue weighted by molar-refractivity contribution is 6.18. The molecular weight excluding hydrogens is 242 g/mol. The molecule has 0 aromatic carbocycles. The van der Waals surface area contributed by atoms with Gasteiger partial charge in [0.15, 0.2) is 0 Å². The molecule has 0 saturated heterocycles. The van der Waals surface area contributed by atoms with Gasteiger partial charge in [-0.25, -0.2) is 4.79 Å². The van der Waals surface area contributed by atoms with Gasteiger partial charge in [-0.05, 0) is 18.8 Å². The van der Waals surface area contributed by atoms with Crippen LogP contribution in [0.25, 0.3) is 0 Å². The number of halogens is 1. The van der Waals surface area contributed by atoms with Gasteiger partial charge < -0.3 is 10.1 Å². The number of esters is 1. The Morgan fingerprint density at radius 3 is 2.41 bits per heavy atom. The molecule has 0 bridgehead atoms. The third-order valence-corrected chi connectivity index (χ3v) is 3.05. The second kappa shape index (κ2) is 9.28. The standard InChI is InChI=1S/C12H22ClNO3/c1-4-6-9(8-13)7-11(15)14-10(5-2)12(16)17-3/h9-10H,4-8H2,1-3H3,(H,14,15)/t9-,10+/m1/s1. The Balaban J connectivity index is 4.17. The summed E-state index contributed by atoms with van der Waals surface area (Å²) in [4.78, 5) is 23.0. The molecule has 0 radical (unpaired) electrons. The Morgan fingerprint density at radius 2 is 2.00 bits per heavy atom. The lowest BCUT2D eigenvalue weighted by Gasteiger charge is -2.17. The molecule has 0 spiro atoms. The van der Waals surface area contributed by atoms with Gasteiger partial charge in [0, 0.05) is 12.3 Å². The Labute approximate surface area is 108 Å². The molecule has 0 aliphatic carbocycles. The molecule has 100 valence electrons. The average Bonchev–Trinajstić information content (AvgIpc) is 2.34. The summed E-state index contributed by atoms with van der Waals surface area (Å²) < 4.78 is 4.60. The number of hydrogen-bond donors (Lipinski definition) is 1. The van der Waals surface area contributed by atoms with Crippen LogP contribution in [0.1, 0.15) is 39.5 Å². The van der Waals surface area contributed by atoms with E-state index < -0.39 is 12.0 Å². The van der Waals surface area contributed by atoms with Crippen molar-refractivity contribution in [2.24, 2.45) is 5.92 Å². The monoisotopic (exact) mass is 263 g/mol. The fraction of sp³-hybridized carbons (Fsp3) is 0.833. The molecule has 0 aliphatic rings. The van der Waals surface area contributed by atoms with E-state index in [4.69, 9.17) is 11.6 Å². The first kappa shape index (κ1) is 16.2. The van der Waals surface area contributed by atoms with E-state index in [-0.39, 0.29) is 11.8 Å². The minimum Gasteiger partial charge on any atom is -0.467 e. The normalized spacial score (nSPS) is 13.9. The van der Waals surface area contributed by atoms with Gasteiger partial charge in [-0.3, -0.25) is 4.79 Å². The Morgan fingerprint density at radius 1 is 1.35 bits per heavy atom. The quantitative estimate of drug-likeness (QED) is 0.539. The van der Waals surface area contributed by atoms with Crippen molar-refractivity contribution >= 4 is 23.5 Å². The van der Waals surface area contributed by atoms with Crippen LogP contribution in [-0.4, -0.2) is 30.9 Å². The van der Waals surface area contributed by atoms with E-state index >= 15 is 0 Å². The summed E-state index contributed by atoms with van der Waals surface area (Å²) in [6.45, 7) is 3.88. The number of alkyl halides is 1. The van der Waals surface area contributed by atoms with Gasteiger partial charge in [0.2, 0.25) is 5.91 Å². The van der Waals surface area contributed by atoms with Crippen molar-refractivity contribution in [3.8, 4) is 0 Å². The molecule has 0 fully saturated rings.